The van der Waals surface area contributed by atoms with Crippen molar-refractivity contribution >= 4 is 38.9 Å². The van der Waals surface area contributed by atoms with Crippen molar-refractivity contribution in [3.63, 3.8) is 0 Å². The van der Waals surface area contributed by atoms with Crippen molar-refractivity contribution in [2.45, 2.75) is 4.90 Å². The van der Waals surface area contributed by atoms with E-state index >= 15 is 0 Å². The van der Waals surface area contributed by atoms with Gasteiger partial charge in [0.15, 0.2) is 0 Å². The molecule has 28 heavy (non-hydrogen) atoms. The van der Waals surface area contributed by atoms with Crippen LogP contribution in [0.25, 0.3) is 0 Å². The van der Waals surface area contributed by atoms with Crippen LogP contribution < -0.4 is 4.74 Å². The van der Waals surface area contributed by atoms with Gasteiger partial charge in [0.2, 0.25) is 10.0 Å². The SMILES string of the molecule is CN(C)CCN(C)S(=O)(=O)c1cc([N+](=O)[O-])ccc1Oc1cc(Cl)cc(Cl)c1. The summed E-state index contributed by atoms with van der Waals surface area (Å²) in [5, 5.41) is 11.7. The van der Waals surface area contributed by atoms with Crippen LogP contribution in [0.4, 0.5) is 5.69 Å². The number of halogens is 2. The number of sulfonamides is 1. The van der Waals surface area contributed by atoms with Gasteiger partial charge in [-0.3, -0.25) is 10.1 Å². The summed E-state index contributed by atoms with van der Waals surface area (Å²) in [6.07, 6.45) is 0. The fraction of sp³-hybridized carbons (Fsp3) is 0.294. The van der Waals surface area contributed by atoms with Crippen LogP contribution in [0.3, 0.4) is 0 Å². The van der Waals surface area contributed by atoms with E-state index in [-0.39, 0.29) is 28.6 Å². The molecule has 0 N–H and O–H groups in total. The van der Waals surface area contributed by atoms with E-state index in [1.807, 2.05) is 19.0 Å². The lowest BCUT2D eigenvalue weighted by Gasteiger charge is -2.21. The lowest BCUT2D eigenvalue weighted by Crippen LogP contribution is -2.33. The third-order valence-corrected chi connectivity index (χ3v) is 6.07. The van der Waals surface area contributed by atoms with Crippen LogP contribution in [0.1, 0.15) is 0 Å². The normalized spacial score (nSPS) is 11.8. The van der Waals surface area contributed by atoms with Gasteiger partial charge in [0.05, 0.1) is 4.92 Å². The molecule has 0 amide bonds. The number of nitrogens with zero attached hydrogens (tertiary/aromatic N) is 3. The number of non-ortho nitro benzene ring substituents is 1. The highest BCUT2D eigenvalue weighted by atomic mass is 35.5. The largest absolute Gasteiger partial charge is 0.456 e. The summed E-state index contributed by atoms with van der Waals surface area (Å²) in [6, 6.07) is 7.80. The zero-order valence-electron chi connectivity index (χ0n) is 15.4. The quantitative estimate of drug-likeness (QED) is 0.450. The van der Waals surface area contributed by atoms with Gasteiger partial charge in [0.1, 0.15) is 16.4 Å². The van der Waals surface area contributed by atoms with Gasteiger partial charge in [-0.1, -0.05) is 23.2 Å². The van der Waals surface area contributed by atoms with Gasteiger partial charge in [0, 0.05) is 42.3 Å². The molecule has 0 heterocycles. The average Bonchev–Trinajstić information content (AvgIpc) is 2.58. The third-order valence-electron chi connectivity index (χ3n) is 3.75. The van der Waals surface area contributed by atoms with E-state index in [1.165, 1.54) is 37.4 Å². The minimum atomic E-state index is -4.05. The Labute approximate surface area is 173 Å². The molecule has 0 saturated heterocycles. The Kier molecular flexibility index (Phi) is 7.24. The number of ether oxygens (including phenoxy) is 1. The lowest BCUT2D eigenvalue weighted by molar-refractivity contribution is -0.385. The minimum Gasteiger partial charge on any atom is -0.456 e. The smallest absolute Gasteiger partial charge is 0.271 e. The number of hydrogen-bond donors (Lipinski definition) is 0. The van der Waals surface area contributed by atoms with Crippen LogP contribution in [0.5, 0.6) is 11.5 Å². The Bertz CT molecular complexity index is 963. The van der Waals surface area contributed by atoms with Crippen LogP contribution in [0.2, 0.25) is 10.0 Å². The topological polar surface area (TPSA) is 93.0 Å². The number of hydrogen-bond acceptors (Lipinski definition) is 6. The Morgan fingerprint density at radius 3 is 2.18 bits per heavy atom. The summed E-state index contributed by atoms with van der Waals surface area (Å²) in [4.78, 5) is 12.0. The zero-order valence-corrected chi connectivity index (χ0v) is 17.8. The number of nitro groups is 1. The predicted octanol–water partition coefficient (Wildman–Crippen LogP) is 3.88. The van der Waals surface area contributed by atoms with Gasteiger partial charge in [0.25, 0.3) is 5.69 Å². The monoisotopic (exact) mass is 447 g/mol. The Hall–Kier alpha value is -1.91. The number of benzene rings is 2. The first kappa shape index (κ1) is 22.4. The molecule has 8 nitrogen and oxygen atoms in total. The van der Waals surface area contributed by atoms with E-state index in [2.05, 4.69) is 0 Å². The Morgan fingerprint density at radius 2 is 1.64 bits per heavy atom. The highest BCUT2D eigenvalue weighted by molar-refractivity contribution is 7.89. The first-order chi connectivity index (χ1) is 13.0. The third kappa shape index (κ3) is 5.55. The first-order valence-electron chi connectivity index (χ1n) is 8.04. The first-order valence-corrected chi connectivity index (χ1v) is 10.2. The van der Waals surface area contributed by atoms with Gasteiger partial charge in [-0.25, -0.2) is 8.42 Å². The Balaban J connectivity index is 2.50. The molecule has 0 aliphatic carbocycles. The van der Waals surface area contributed by atoms with Crippen molar-refractivity contribution in [2.75, 3.05) is 34.2 Å². The molecule has 2 aromatic rings. The van der Waals surface area contributed by atoms with E-state index in [0.717, 1.165) is 10.4 Å². The van der Waals surface area contributed by atoms with E-state index in [0.29, 0.717) is 16.6 Å². The Morgan fingerprint density at radius 1 is 1.04 bits per heavy atom. The number of likely N-dealkylation sites (N-methyl/N-ethyl adjacent to an activating group) is 2. The molecule has 2 rings (SSSR count). The van der Waals surface area contributed by atoms with Gasteiger partial charge in [-0.05, 0) is 38.4 Å². The van der Waals surface area contributed by atoms with Gasteiger partial charge in [-0.2, -0.15) is 4.31 Å². The molecular weight excluding hydrogens is 429 g/mol. The molecule has 0 unspecified atom stereocenters. The zero-order chi connectivity index (χ0) is 21.1. The van der Waals surface area contributed by atoms with Gasteiger partial charge >= 0.3 is 0 Å². The predicted molar refractivity (Wildman–Crippen MR) is 108 cm³/mol. The molecule has 0 bridgehead atoms. The summed E-state index contributed by atoms with van der Waals surface area (Å²) in [6.45, 7) is 0.672. The molecule has 0 radical (unpaired) electrons. The van der Waals surface area contributed by atoms with Crippen LogP contribution in [-0.4, -0.2) is 56.8 Å². The molecular formula is C17H19Cl2N3O5S. The average molecular weight is 448 g/mol. The number of nitro benzene ring substituents is 1. The van der Waals surface area contributed by atoms with E-state index in [4.69, 9.17) is 27.9 Å². The maximum absolute atomic E-state index is 13.0. The van der Waals surface area contributed by atoms with Crippen molar-refractivity contribution < 1.29 is 18.1 Å². The van der Waals surface area contributed by atoms with Crippen LogP contribution in [-0.2, 0) is 10.0 Å². The molecule has 11 heteroatoms. The van der Waals surface area contributed by atoms with Crippen LogP contribution in [0.15, 0.2) is 41.3 Å². The maximum atomic E-state index is 13.0. The summed E-state index contributed by atoms with van der Waals surface area (Å²) < 4.78 is 32.8. The summed E-state index contributed by atoms with van der Waals surface area (Å²) in [5.74, 6) is 0.138. The van der Waals surface area contributed by atoms with E-state index in [1.54, 1.807) is 0 Å². The summed E-state index contributed by atoms with van der Waals surface area (Å²) in [5.41, 5.74) is -0.365. The van der Waals surface area contributed by atoms with E-state index in [9.17, 15) is 18.5 Å². The standard InChI is InChI=1S/C17H19Cl2N3O5S/c1-20(2)6-7-21(3)28(25,26)17-11-14(22(23)24)4-5-16(17)27-15-9-12(18)8-13(19)10-15/h4-5,8-11H,6-7H2,1-3H3. The van der Waals surface area contributed by atoms with Gasteiger partial charge in [-0.15, -0.1) is 0 Å². The number of rotatable bonds is 8. The van der Waals surface area contributed by atoms with Crippen LogP contribution in [0, 0.1) is 10.1 Å². The fourth-order valence-corrected chi connectivity index (χ4v) is 4.04. The highest BCUT2D eigenvalue weighted by Crippen LogP contribution is 2.35. The van der Waals surface area contributed by atoms with Gasteiger partial charge < -0.3 is 9.64 Å². The summed E-state index contributed by atoms with van der Waals surface area (Å²) in [7, 11) is 0.972. The molecule has 0 saturated carbocycles. The molecule has 2 aromatic carbocycles. The molecule has 0 fully saturated rings. The fourth-order valence-electron chi connectivity index (χ4n) is 2.24. The van der Waals surface area contributed by atoms with Crippen molar-refractivity contribution in [2.24, 2.45) is 0 Å². The molecule has 0 aliphatic heterocycles. The highest BCUT2D eigenvalue weighted by Gasteiger charge is 2.28. The van der Waals surface area contributed by atoms with E-state index < -0.39 is 14.9 Å². The molecule has 0 aromatic heterocycles. The van der Waals surface area contributed by atoms with Crippen molar-refractivity contribution in [1.82, 2.24) is 9.21 Å². The van der Waals surface area contributed by atoms with Crippen molar-refractivity contribution in [1.29, 1.82) is 0 Å². The molecule has 0 aliphatic rings. The van der Waals surface area contributed by atoms with Crippen LogP contribution >= 0.6 is 23.2 Å². The maximum Gasteiger partial charge on any atom is 0.271 e. The molecule has 0 spiro atoms. The van der Waals surface area contributed by atoms with Crippen molar-refractivity contribution in [3.05, 3.63) is 56.6 Å². The second-order valence-corrected chi connectivity index (χ2v) is 9.11. The van der Waals surface area contributed by atoms with Crippen molar-refractivity contribution in [3.8, 4) is 11.5 Å². The summed E-state index contributed by atoms with van der Waals surface area (Å²) >= 11 is 11.9. The molecule has 152 valence electrons. The second-order valence-electron chi connectivity index (χ2n) is 6.23. The minimum absolute atomic E-state index is 0.0689. The lowest BCUT2D eigenvalue weighted by atomic mass is 10.3. The second kappa shape index (κ2) is 9.06. The molecule has 0 atom stereocenters.